The lowest BCUT2D eigenvalue weighted by atomic mass is 9.95. The van der Waals surface area contributed by atoms with Gasteiger partial charge in [0.25, 0.3) is 0 Å². The summed E-state index contributed by atoms with van der Waals surface area (Å²) in [5.74, 6) is 0. The van der Waals surface area contributed by atoms with E-state index in [-0.39, 0.29) is 6.04 Å². The van der Waals surface area contributed by atoms with Crippen LogP contribution in [0.5, 0.6) is 0 Å². The minimum atomic E-state index is 0.153. The van der Waals surface area contributed by atoms with E-state index in [2.05, 4.69) is 32.0 Å². The Morgan fingerprint density at radius 3 is 2.88 bits per heavy atom. The third-order valence-corrected chi connectivity index (χ3v) is 3.65. The van der Waals surface area contributed by atoms with E-state index in [4.69, 9.17) is 10.5 Å². The predicted molar refractivity (Wildman–Crippen MR) is 71.1 cm³/mol. The van der Waals surface area contributed by atoms with Crippen molar-refractivity contribution >= 4 is 0 Å². The lowest BCUT2D eigenvalue weighted by Crippen LogP contribution is -2.15. The molecule has 2 nitrogen and oxygen atoms in total. The highest BCUT2D eigenvalue weighted by Crippen LogP contribution is 2.24. The summed E-state index contributed by atoms with van der Waals surface area (Å²) in [4.78, 5) is 0. The van der Waals surface area contributed by atoms with Crippen LogP contribution in [0.4, 0.5) is 0 Å². The quantitative estimate of drug-likeness (QED) is 0.866. The minimum absolute atomic E-state index is 0.153. The SMILES string of the molecule is Cc1ccc(C(N)CCC2CCCO2)c(C)c1. The Morgan fingerprint density at radius 1 is 1.41 bits per heavy atom. The first-order valence-corrected chi connectivity index (χ1v) is 6.61. The summed E-state index contributed by atoms with van der Waals surface area (Å²) in [6.45, 7) is 5.20. The van der Waals surface area contributed by atoms with Crippen LogP contribution in [0.3, 0.4) is 0 Å². The Balaban J connectivity index is 1.91. The standard InChI is InChI=1S/C15H23NO/c1-11-5-7-14(12(2)10-11)15(16)8-6-13-4-3-9-17-13/h5,7,10,13,15H,3-4,6,8-9,16H2,1-2H3. The zero-order valence-corrected chi connectivity index (χ0v) is 10.9. The number of benzene rings is 1. The van der Waals surface area contributed by atoms with Gasteiger partial charge < -0.3 is 10.5 Å². The maximum atomic E-state index is 6.27. The first kappa shape index (κ1) is 12.6. The molecule has 17 heavy (non-hydrogen) atoms. The Hall–Kier alpha value is -0.860. The van der Waals surface area contributed by atoms with Gasteiger partial charge in [0, 0.05) is 12.6 Å². The molecule has 0 spiro atoms. The fourth-order valence-electron chi connectivity index (χ4n) is 2.63. The van der Waals surface area contributed by atoms with Gasteiger partial charge in [-0.15, -0.1) is 0 Å². The lowest BCUT2D eigenvalue weighted by Gasteiger charge is -2.17. The molecule has 0 radical (unpaired) electrons. The van der Waals surface area contributed by atoms with Gasteiger partial charge in [0.15, 0.2) is 0 Å². The topological polar surface area (TPSA) is 35.2 Å². The number of ether oxygens (including phenoxy) is 1. The van der Waals surface area contributed by atoms with Crippen molar-refractivity contribution < 1.29 is 4.74 Å². The average Bonchev–Trinajstić information content (AvgIpc) is 2.78. The zero-order valence-electron chi connectivity index (χ0n) is 10.9. The number of hydrogen-bond donors (Lipinski definition) is 1. The summed E-state index contributed by atoms with van der Waals surface area (Å²) in [6, 6.07) is 6.68. The molecule has 1 saturated heterocycles. The van der Waals surface area contributed by atoms with Crippen LogP contribution in [0, 0.1) is 13.8 Å². The molecule has 2 heteroatoms. The van der Waals surface area contributed by atoms with Crippen molar-refractivity contribution in [1.82, 2.24) is 0 Å². The molecule has 1 aromatic carbocycles. The van der Waals surface area contributed by atoms with Crippen LogP contribution in [-0.4, -0.2) is 12.7 Å². The molecule has 0 saturated carbocycles. The fraction of sp³-hybridized carbons (Fsp3) is 0.600. The summed E-state index contributed by atoms with van der Waals surface area (Å²) < 4.78 is 5.63. The van der Waals surface area contributed by atoms with E-state index in [0.717, 1.165) is 19.4 Å². The monoisotopic (exact) mass is 233 g/mol. The van der Waals surface area contributed by atoms with Crippen LogP contribution in [0.1, 0.15) is 48.4 Å². The van der Waals surface area contributed by atoms with Gasteiger partial charge >= 0.3 is 0 Å². The molecule has 2 rings (SSSR count). The number of rotatable bonds is 4. The largest absolute Gasteiger partial charge is 0.378 e. The van der Waals surface area contributed by atoms with E-state index >= 15 is 0 Å². The van der Waals surface area contributed by atoms with Gasteiger partial charge in [0.05, 0.1) is 6.10 Å². The van der Waals surface area contributed by atoms with Crippen molar-refractivity contribution in [2.75, 3.05) is 6.61 Å². The van der Waals surface area contributed by atoms with Crippen LogP contribution in [0.15, 0.2) is 18.2 Å². The van der Waals surface area contributed by atoms with E-state index in [1.54, 1.807) is 0 Å². The molecule has 1 fully saturated rings. The average molecular weight is 233 g/mol. The molecule has 0 bridgehead atoms. The van der Waals surface area contributed by atoms with Gasteiger partial charge in [-0.25, -0.2) is 0 Å². The summed E-state index contributed by atoms with van der Waals surface area (Å²) in [5, 5.41) is 0. The number of hydrogen-bond acceptors (Lipinski definition) is 2. The molecule has 0 aliphatic carbocycles. The highest BCUT2D eigenvalue weighted by Gasteiger charge is 2.17. The molecule has 0 aromatic heterocycles. The first-order valence-electron chi connectivity index (χ1n) is 6.61. The van der Waals surface area contributed by atoms with Gasteiger partial charge in [-0.05, 0) is 50.7 Å². The van der Waals surface area contributed by atoms with Gasteiger partial charge in [-0.1, -0.05) is 23.8 Å². The fourth-order valence-corrected chi connectivity index (χ4v) is 2.63. The van der Waals surface area contributed by atoms with Crippen molar-refractivity contribution in [3.8, 4) is 0 Å². The molecule has 2 N–H and O–H groups in total. The number of nitrogens with two attached hydrogens (primary N) is 1. The summed E-state index contributed by atoms with van der Waals surface area (Å²) in [5.41, 5.74) is 10.2. The Labute approximate surface area is 104 Å². The maximum Gasteiger partial charge on any atom is 0.0576 e. The van der Waals surface area contributed by atoms with Crippen molar-refractivity contribution in [1.29, 1.82) is 0 Å². The molecule has 0 amide bonds. The maximum absolute atomic E-state index is 6.27. The Kier molecular flexibility index (Phi) is 4.19. The smallest absolute Gasteiger partial charge is 0.0576 e. The molecule has 1 aliphatic rings. The third-order valence-electron chi connectivity index (χ3n) is 3.65. The van der Waals surface area contributed by atoms with Gasteiger partial charge in [-0.2, -0.15) is 0 Å². The second-order valence-corrected chi connectivity index (χ2v) is 5.18. The molecular weight excluding hydrogens is 210 g/mol. The van der Waals surface area contributed by atoms with Crippen molar-refractivity contribution in [2.45, 2.75) is 51.7 Å². The normalized spacial score (nSPS) is 21.7. The molecule has 1 aliphatic heterocycles. The van der Waals surface area contributed by atoms with E-state index in [1.807, 2.05) is 0 Å². The molecular formula is C15H23NO. The van der Waals surface area contributed by atoms with Crippen LogP contribution in [-0.2, 0) is 4.74 Å². The Bertz CT molecular complexity index is 369. The van der Waals surface area contributed by atoms with Gasteiger partial charge in [0.1, 0.15) is 0 Å². The van der Waals surface area contributed by atoms with Gasteiger partial charge in [-0.3, -0.25) is 0 Å². The minimum Gasteiger partial charge on any atom is -0.378 e. The second-order valence-electron chi connectivity index (χ2n) is 5.18. The van der Waals surface area contributed by atoms with Crippen molar-refractivity contribution in [2.24, 2.45) is 5.73 Å². The van der Waals surface area contributed by atoms with Crippen molar-refractivity contribution in [3.63, 3.8) is 0 Å². The van der Waals surface area contributed by atoms with E-state index in [0.29, 0.717) is 6.10 Å². The highest BCUT2D eigenvalue weighted by atomic mass is 16.5. The highest BCUT2D eigenvalue weighted by molar-refractivity contribution is 5.32. The predicted octanol–water partition coefficient (Wildman–Crippen LogP) is 3.26. The lowest BCUT2D eigenvalue weighted by molar-refractivity contribution is 0.101. The Morgan fingerprint density at radius 2 is 2.24 bits per heavy atom. The first-order chi connectivity index (χ1) is 8.16. The van der Waals surface area contributed by atoms with E-state index in [9.17, 15) is 0 Å². The van der Waals surface area contributed by atoms with E-state index in [1.165, 1.54) is 29.5 Å². The summed E-state index contributed by atoms with van der Waals surface area (Å²) in [6.07, 6.45) is 4.98. The molecule has 94 valence electrons. The summed E-state index contributed by atoms with van der Waals surface area (Å²) >= 11 is 0. The second kappa shape index (κ2) is 5.65. The number of aryl methyl sites for hydroxylation is 2. The van der Waals surface area contributed by atoms with Crippen LogP contribution in [0.2, 0.25) is 0 Å². The van der Waals surface area contributed by atoms with Crippen LogP contribution < -0.4 is 5.73 Å². The zero-order chi connectivity index (χ0) is 12.3. The van der Waals surface area contributed by atoms with Crippen LogP contribution >= 0.6 is 0 Å². The van der Waals surface area contributed by atoms with E-state index < -0.39 is 0 Å². The molecule has 1 aromatic rings. The van der Waals surface area contributed by atoms with Crippen molar-refractivity contribution in [3.05, 3.63) is 34.9 Å². The molecule has 2 unspecified atom stereocenters. The molecule has 2 atom stereocenters. The molecule has 1 heterocycles. The third kappa shape index (κ3) is 3.30. The van der Waals surface area contributed by atoms with Crippen LogP contribution in [0.25, 0.3) is 0 Å². The van der Waals surface area contributed by atoms with Gasteiger partial charge in [0.2, 0.25) is 0 Å². The summed E-state index contributed by atoms with van der Waals surface area (Å²) in [7, 11) is 0.